The number of rotatable bonds is 2. The molecule has 1 aliphatic rings. The summed E-state index contributed by atoms with van der Waals surface area (Å²) in [6.45, 7) is 4.38. The van der Waals surface area contributed by atoms with E-state index in [4.69, 9.17) is 22.1 Å². The molecule has 2 N–H and O–H groups in total. The van der Waals surface area contributed by atoms with Gasteiger partial charge in [-0.3, -0.25) is 0 Å². The third-order valence-corrected chi connectivity index (χ3v) is 3.80. The number of benzene rings is 1. The Morgan fingerprint density at radius 3 is 2.62 bits per heavy atom. The normalized spacial score (nSPS) is 28.0. The first kappa shape index (κ1) is 11.7. The molecule has 1 aromatic carbocycles. The van der Waals surface area contributed by atoms with Crippen molar-refractivity contribution in [3.63, 3.8) is 0 Å². The predicted molar refractivity (Wildman–Crippen MR) is 66.9 cm³/mol. The van der Waals surface area contributed by atoms with Crippen molar-refractivity contribution in [1.82, 2.24) is 0 Å². The Morgan fingerprint density at radius 1 is 1.38 bits per heavy atom. The summed E-state index contributed by atoms with van der Waals surface area (Å²) in [7, 11) is 0. The van der Waals surface area contributed by atoms with Gasteiger partial charge in [-0.2, -0.15) is 0 Å². The van der Waals surface area contributed by atoms with E-state index >= 15 is 0 Å². The van der Waals surface area contributed by atoms with Crippen LogP contribution in [0.25, 0.3) is 0 Å². The number of nitrogens with two attached hydrogens (primary N) is 1. The molecule has 0 saturated heterocycles. The van der Waals surface area contributed by atoms with Gasteiger partial charge >= 0.3 is 0 Å². The standard InChI is InChI=1S/C13H18ClNO/c1-13(2)8-7-11(12(13)15)16-10-6-4-3-5-9(10)14/h3-6,11-12H,7-8,15H2,1-2H3. The van der Waals surface area contributed by atoms with Crippen LogP contribution in [0.15, 0.2) is 24.3 Å². The number of ether oxygens (including phenoxy) is 1. The molecule has 0 aromatic heterocycles. The molecule has 0 aliphatic heterocycles. The van der Waals surface area contributed by atoms with Gasteiger partial charge in [0.05, 0.1) is 5.02 Å². The van der Waals surface area contributed by atoms with Crippen LogP contribution in [0, 0.1) is 5.41 Å². The molecule has 2 rings (SSSR count). The molecule has 2 unspecified atom stereocenters. The first-order valence-electron chi connectivity index (χ1n) is 5.67. The molecule has 1 aromatic rings. The fourth-order valence-electron chi connectivity index (χ4n) is 2.20. The lowest BCUT2D eigenvalue weighted by Gasteiger charge is -2.27. The van der Waals surface area contributed by atoms with Gasteiger partial charge in [0.25, 0.3) is 0 Å². The van der Waals surface area contributed by atoms with Crippen LogP contribution in [0.5, 0.6) is 5.75 Å². The lowest BCUT2D eigenvalue weighted by molar-refractivity contribution is 0.165. The minimum absolute atomic E-state index is 0.0729. The summed E-state index contributed by atoms with van der Waals surface area (Å²) >= 11 is 6.06. The lowest BCUT2D eigenvalue weighted by Crippen LogP contribution is -2.42. The highest BCUT2D eigenvalue weighted by Gasteiger charge is 2.40. The average Bonchev–Trinajstić information content (AvgIpc) is 2.49. The zero-order chi connectivity index (χ0) is 11.8. The maximum Gasteiger partial charge on any atom is 0.138 e. The van der Waals surface area contributed by atoms with Crippen LogP contribution in [0.1, 0.15) is 26.7 Å². The van der Waals surface area contributed by atoms with Crippen LogP contribution in [-0.2, 0) is 0 Å². The molecule has 2 atom stereocenters. The van der Waals surface area contributed by atoms with Gasteiger partial charge in [0.2, 0.25) is 0 Å². The molecule has 0 radical (unpaired) electrons. The van der Waals surface area contributed by atoms with E-state index < -0.39 is 0 Å². The minimum Gasteiger partial charge on any atom is -0.487 e. The number of hydrogen-bond acceptors (Lipinski definition) is 2. The Bertz CT molecular complexity index is 378. The molecule has 16 heavy (non-hydrogen) atoms. The van der Waals surface area contributed by atoms with Gasteiger partial charge in [-0.15, -0.1) is 0 Å². The topological polar surface area (TPSA) is 35.2 Å². The van der Waals surface area contributed by atoms with Gasteiger partial charge in [-0.05, 0) is 30.4 Å². The first-order chi connectivity index (χ1) is 7.50. The summed E-state index contributed by atoms with van der Waals surface area (Å²) in [5.41, 5.74) is 6.35. The summed E-state index contributed by atoms with van der Waals surface area (Å²) in [4.78, 5) is 0. The second kappa shape index (κ2) is 4.27. The molecule has 3 heteroatoms. The number of hydrogen-bond donors (Lipinski definition) is 1. The fraction of sp³-hybridized carbons (Fsp3) is 0.538. The average molecular weight is 240 g/mol. The highest BCUT2D eigenvalue weighted by atomic mass is 35.5. The van der Waals surface area contributed by atoms with Crippen molar-refractivity contribution in [2.45, 2.75) is 38.8 Å². The van der Waals surface area contributed by atoms with Gasteiger partial charge in [0.15, 0.2) is 0 Å². The maximum atomic E-state index is 6.19. The van der Waals surface area contributed by atoms with Crippen molar-refractivity contribution in [2.24, 2.45) is 11.1 Å². The Hall–Kier alpha value is -0.730. The van der Waals surface area contributed by atoms with Crippen LogP contribution in [0.2, 0.25) is 5.02 Å². The van der Waals surface area contributed by atoms with E-state index in [0.29, 0.717) is 5.02 Å². The SMILES string of the molecule is CC1(C)CCC(Oc2ccccc2Cl)C1N. The Labute approximate surface area is 102 Å². The molecule has 0 heterocycles. The smallest absolute Gasteiger partial charge is 0.138 e. The predicted octanol–water partition coefficient (Wildman–Crippen LogP) is 3.23. The Kier molecular flexibility index (Phi) is 3.13. The molecule has 1 saturated carbocycles. The van der Waals surface area contributed by atoms with Crippen LogP contribution in [-0.4, -0.2) is 12.1 Å². The lowest BCUT2D eigenvalue weighted by atomic mass is 9.88. The first-order valence-corrected chi connectivity index (χ1v) is 6.05. The maximum absolute atomic E-state index is 6.19. The van der Waals surface area contributed by atoms with E-state index in [1.165, 1.54) is 0 Å². The highest BCUT2D eigenvalue weighted by molar-refractivity contribution is 6.32. The van der Waals surface area contributed by atoms with Crippen molar-refractivity contribution in [3.8, 4) is 5.75 Å². The Morgan fingerprint density at radius 2 is 2.06 bits per heavy atom. The van der Waals surface area contributed by atoms with E-state index in [9.17, 15) is 0 Å². The minimum atomic E-state index is 0.0729. The van der Waals surface area contributed by atoms with Gasteiger partial charge < -0.3 is 10.5 Å². The van der Waals surface area contributed by atoms with Gasteiger partial charge in [0, 0.05) is 6.04 Å². The summed E-state index contributed by atoms with van der Waals surface area (Å²) in [5, 5.41) is 0.652. The summed E-state index contributed by atoms with van der Waals surface area (Å²) < 4.78 is 5.90. The quantitative estimate of drug-likeness (QED) is 0.860. The number of halogens is 1. The van der Waals surface area contributed by atoms with E-state index in [1.807, 2.05) is 24.3 Å². The molecule has 1 aliphatic carbocycles. The largest absolute Gasteiger partial charge is 0.487 e. The fourth-order valence-corrected chi connectivity index (χ4v) is 2.38. The third-order valence-electron chi connectivity index (χ3n) is 3.49. The molecular weight excluding hydrogens is 222 g/mol. The molecular formula is C13H18ClNO. The van der Waals surface area contributed by atoms with Gasteiger partial charge in [0.1, 0.15) is 11.9 Å². The molecule has 0 amide bonds. The zero-order valence-corrected chi connectivity index (χ0v) is 10.5. The summed E-state index contributed by atoms with van der Waals surface area (Å²) in [5.74, 6) is 0.738. The second-order valence-corrected chi connectivity index (χ2v) is 5.55. The molecule has 88 valence electrons. The third kappa shape index (κ3) is 2.18. The summed E-state index contributed by atoms with van der Waals surface area (Å²) in [6, 6.07) is 7.62. The van der Waals surface area contributed by atoms with E-state index in [-0.39, 0.29) is 17.6 Å². The zero-order valence-electron chi connectivity index (χ0n) is 9.74. The van der Waals surface area contributed by atoms with Crippen molar-refractivity contribution >= 4 is 11.6 Å². The van der Waals surface area contributed by atoms with Crippen molar-refractivity contribution < 1.29 is 4.74 Å². The van der Waals surface area contributed by atoms with E-state index in [1.54, 1.807) is 0 Å². The van der Waals surface area contributed by atoms with E-state index in [0.717, 1.165) is 18.6 Å². The monoisotopic (exact) mass is 239 g/mol. The van der Waals surface area contributed by atoms with Crippen molar-refractivity contribution in [2.75, 3.05) is 0 Å². The highest BCUT2D eigenvalue weighted by Crippen LogP contribution is 2.39. The molecule has 0 bridgehead atoms. The molecule has 0 spiro atoms. The van der Waals surface area contributed by atoms with Crippen LogP contribution < -0.4 is 10.5 Å². The Balaban J connectivity index is 2.10. The van der Waals surface area contributed by atoms with Crippen LogP contribution >= 0.6 is 11.6 Å². The van der Waals surface area contributed by atoms with Crippen molar-refractivity contribution in [1.29, 1.82) is 0 Å². The summed E-state index contributed by atoms with van der Waals surface area (Å²) in [6.07, 6.45) is 2.18. The van der Waals surface area contributed by atoms with Crippen LogP contribution in [0.4, 0.5) is 0 Å². The second-order valence-electron chi connectivity index (χ2n) is 5.14. The molecule has 2 nitrogen and oxygen atoms in total. The van der Waals surface area contributed by atoms with Crippen molar-refractivity contribution in [3.05, 3.63) is 29.3 Å². The van der Waals surface area contributed by atoms with Crippen LogP contribution in [0.3, 0.4) is 0 Å². The van der Waals surface area contributed by atoms with E-state index in [2.05, 4.69) is 13.8 Å². The number of para-hydroxylation sites is 1. The van der Waals surface area contributed by atoms with Gasteiger partial charge in [-0.1, -0.05) is 37.6 Å². The molecule has 1 fully saturated rings. The van der Waals surface area contributed by atoms with Gasteiger partial charge in [-0.25, -0.2) is 0 Å².